The highest BCUT2D eigenvalue weighted by Gasteiger charge is 2.20. The zero-order valence-corrected chi connectivity index (χ0v) is 11.2. The monoisotopic (exact) mass is 279 g/mol. The number of benzene rings is 1. The minimum absolute atomic E-state index is 0.0907. The molecule has 0 bridgehead atoms. The highest BCUT2D eigenvalue weighted by Crippen LogP contribution is 2.37. The zero-order chi connectivity index (χ0) is 15.4. The lowest BCUT2D eigenvalue weighted by Crippen LogP contribution is -2.05. The maximum Gasteiger partial charge on any atom is 0.315 e. The Balaban J connectivity index is 3.50. The van der Waals surface area contributed by atoms with Crippen LogP contribution in [0.25, 0.3) is 6.08 Å². The molecule has 0 saturated carbocycles. The standard InChI is InChI=1S/C13H13NO6/c1-7(15)10(8(2)16)4-9-5-11(14(18)19)13(17)12(6-9)20-3/h4-6,17H,1-3H3. The van der Waals surface area contributed by atoms with Crippen molar-refractivity contribution in [2.45, 2.75) is 13.8 Å². The molecule has 0 aliphatic rings. The molecule has 0 heterocycles. The fourth-order valence-electron chi connectivity index (χ4n) is 1.61. The predicted octanol–water partition coefficient (Wildman–Crippen LogP) is 1.87. The summed E-state index contributed by atoms with van der Waals surface area (Å²) in [6.07, 6.45) is 1.22. The van der Waals surface area contributed by atoms with Crippen LogP contribution in [0.3, 0.4) is 0 Å². The van der Waals surface area contributed by atoms with Crippen molar-refractivity contribution in [1.29, 1.82) is 0 Å². The third kappa shape index (κ3) is 3.19. The molecule has 1 aromatic rings. The number of rotatable bonds is 5. The van der Waals surface area contributed by atoms with Crippen LogP contribution in [0, 0.1) is 10.1 Å². The first kappa shape index (κ1) is 15.4. The predicted molar refractivity (Wildman–Crippen MR) is 70.7 cm³/mol. The van der Waals surface area contributed by atoms with E-state index in [1.165, 1.54) is 33.1 Å². The fourth-order valence-corrected chi connectivity index (χ4v) is 1.61. The summed E-state index contributed by atoms with van der Waals surface area (Å²) in [4.78, 5) is 32.7. The average molecular weight is 279 g/mol. The largest absolute Gasteiger partial charge is 0.500 e. The minimum atomic E-state index is -0.781. The molecule has 0 radical (unpaired) electrons. The number of methoxy groups -OCH3 is 1. The van der Waals surface area contributed by atoms with E-state index in [2.05, 4.69) is 0 Å². The third-order valence-corrected chi connectivity index (χ3v) is 2.56. The van der Waals surface area contributed by atoms with Crippen LogP contribution < -0.4 is 4.74 Å². The van der Waals surface area contributed by atoms with E-state index in [0.29, 0.717) is 0 Å². The number of hydrogen-bond donors (Lipinski definition) is 1. The van der Waals surface area contributed by atoms with E-state index in [1.54, 1.807) is 0 Å². The van der Waals surface area contributed by atoms with Crippen molar-refractivity contribution in [3.8, 4) is 11.5 Å². The molecule has 0 aromatic heterocycles. The van der Waals surface area contributed by atoms with Gasteiger partial charge in [0.05, 0.1) is 17.6 Å². The number of allylic oxidation sites excluding steroid dienone is 1. The molecule has 0 atom stereocenters. The Morgan fingerprint density at radius 3 is 2.25 bits per heavy atom. The van der Waals surface area contributed by atoms with Gasteiger partial charge >= 0.3 is 5.69 Å². The van der Waals surface area contributed by atoms with Gasteiger partial charge in [-0.25, -0.2) is 0 Å². The number of Topliss-reactive ketones (excluding diaryl/α,β-unsaturated/α-hetero) is 2. The lowest BCUT2D eigenvalue weighted by atomic mass is 10.0. The number of nitro groups is 1. The van der Waals surface area contributed by atoms with Crippen LogP contribution in [0.15, 0.2) is 17.7 Å². The summed E-state index contributed by atoms with van der Waals surface area (Å²) < 4.78 is 4.83. The first-order valence-electron chi connectivity index (χ1n) is 5.57. The van der Waals surface area contributed by atoms with Crippen molar-refractivity contribution < 1.29 is 24.4 Å². The van der Waals surface area contributed by atoms with Gasteiger partial charge in [0.2, 0.25) is 5.75 Å². The van der Waals surface area contributed by atoms with Crippen molar-refractivity contribution in [3.05, 3.63) is 33.4 Å². The summed E-state index contributed by atoms with van der Waals surface area (Å²) in [5.41, 5.74) is -0.444. The molecule has 0 aliphatic heterocycles. The number of nitrogens with zero attached hydrogens (tertiary/aromatic N) is 1. The van der Waals surface area contributed by atoms with Gasteiger partial charge in [-0.3, -0.25) is 19.7 Å². The first-order valence-corrected chi connectivity index (χ1v) is 5.57. The molecule has 0 aliphatic carbocycles. The Morgan fingerprint density at radius 2 is 1.85 bits per heavy atom. The summed E-state index contributed by atoms with van der Waals surface area (Å²) in [7, 11) is 1.24. The Bertz CT molecular complexity index is 602. The molecule has 7 heteroatoms. The second-order valence-electron chi connectivity index (χ2n) is 4.02. The number of nitro benzene ring substituents is 1. The number of carbonyl (C=O) groups is 2. The normalized spacial score (nSPS) is 9.75. The van der Waals surface area contributed by atoms with E-state index < -0.39 is 27.9 Å². The average Bonchev–Trinajstić information content (AvgIpc) is 2.35. The van der Waals surface area contributed by atoms with Gasteiger partial charge in [-0.15, -0.1) is 0 Å². The van der Waals surface area contributed by atoms with Gasteiger partial charge in [-0.1, -0.05) is 0 Å². The lowest BCUT2D eigenvalue weighted by molar-refractivity contribution is -0.386. The van der Waals surface area contributed by atoms with Crippen LogP contribution in [0.1, 0.15) is 19.4 Å². The zero-order valence-electron chi connectivity index (χ0n) is 11.2. The molecule has 20 heavy (non-hydrogen) atoms. The van der Waals surface area contributed by atoms with Crippen molar-refractivity contribution in [2.24, 2.45) is 0 Å². The number of hydrogen-bond acceptors (Lipinski definition) is 6. The van der Waals surface area contributed by atoms with Gasteiger partial charge in [0, 0.05) is 6.07 Å². The number of phenolic OH excluding ortho intramolecular Hbond substituents is 1. The Morgan fingerprint density at radius 1 is 1.30 bits per heavy atom. The van der Waals surface area contributed by atoms with Crippen molar-refractivity contribution in [1.82, 2.24) is 0 Å². The highest BCUT2D eigenvalue weighted by atomic mass is 16.6. The highest BCUT2D eigenvalue weighted by molar-refractivity contribution is 6.21. The number of ether oxygens (including phenoxy) is 1. The summed E-state index contributed by atoms with van der Waals surface area (Å²) in [5.74, 6) is -1.63. The van der Waals surface area contributed by atoms with E-state index >= 15 is 0 Å². The molecule has 0 fully saturated rings. The van der Waals surface area contributed by atoms with Crippen molar-refractivity contribution in [2.75, 3.05) is 7.11 Å². The molecule has 0 spiro atoms. The Labute approximate surface area is 114 Å². The van der Waals surface area contributed by atoms with Crippen molar-refractivity contribution >= 4 is 23.3 Å². The van der Waals surface area contributed by atoms with E-state index in [-0.39, 0.29) is 16.9 Å². The smallest absolute Gasteiger partial charge is 0.315 e. The molecule has 7 nitrogen and oxygen atoms in total. The molecule has 0 saturated heterocycles. The molecule has 1 rings (SSSR count). The maximum atomic E-state index is 11.3. The van der Waals surface area contributed by atoms with Gasteiger partial charge in [-0.05, 0) is 31.6 Å². The SMILES string of the molecule is COc1cc(C=C(C(C)=O)C(C)=O)cc([N+](=O)[O-])c1O. The number of carbonyl (C=O) groups excluding carboxylic acids is 2. The van der Waals surface area contributed by atoms with E-state index in [9.17, 15) is 24.8 Å². The minimum Gasteiger partial charge on any atom is -0.500 e. The van der Waals surface area contributed by atoms with Crippen LogP contribution in [-0.2, 0) is 9.59 Å². The van der Waals surface area contributed by atoms with Crippen LogP contribution in [0.5, 0.6) is 11.5 Å². The van der Waals surface area contributed by atoms with Crippen LogP contribution in [-0.4, -0.2) is 28.7 Å². The van der Waals surface area contributed by atoms with Gasteiger partial charge in [0.25, 0.3) is 0 Å². The molecule has 0 amide bonds. The molecular formula is C13H13NO6. The number of ketones is 2. The molecule has 106 valence electrons. The summed E-state index contributed by atoms with van der Waals surface area (Å²) in [6.45, 7) is 2.44. The van der Waals surface area contributed by atoms with Gasteiger partial charge < -0.3 is 9.84 Å². The van der Waals surface area contributed by atoms with Crippen LogP contribution in [0.4, 0.5) is 5.69 Å². The Hall–Kier alpha value is -2.70. The summed E-state index contributed by atoms with van der Waals surface area (Å²) >= 11 is 0. The summed E-state index contributed by atoms with van der Waals surface area (Å²) in [5, 5.41) is 20.4. The van der Waals surface area contributed by atoms with Crippen LogP contribution >= 0.6 is 0 Å². The molecule has 1 aromatic carbocycles. The lowest BCUT2D eigenvalue weighted by Gasteiger charge is -2.06. The molecule has 0 unspecified atom stereocenters. The maximum absolute atomic E-state index is 11.3. The van der Waals surface area contributed by atoms with Crippen molar-refractivity contribution in [3.63, 3.8) is 0 Å². The van der Waals surface area contributed by atoms with E-state index in [0.717, 1.165) is 6.07 Å². The third-order valence-electron chi connectivity index (χ3n) is 2.56. The number of phenols is 1. The Kier molecular flexibility index (Phi) is 4.58. The second kappa shape index (κ2) is 5.96. The fraction of sp³-hybridized carbons (Fsp3) is 0.231. The van der Waals surface area contributed by atoms with E-state index in [4.69, 9.17) is 4.74 Å². The number of aromatic hydroxyl groups is 1. The molecule has 1 N–H and O–H groups in total. The molecular weight excluding hydrogens is 266 g/mol. The van der Waals surface area contributed by atoms with E-state index in [1.807, 2.05) is 0 Å². The first-order chi connectivity index (χ1) is 9.27. The van der Waals surface area contributed by atoms with Gasteiger partial charge in [0.1, 0.15) is 0 Å². The summed E-state index contributed by atoms with van der Waals surface area (Å²) in [6, 6.07) is 2.36. The topological polar surface area (TPSA) is 107 Å². The second-order valence-corrected chi connectivity index (χ2v) is 4.02. The quantitative estimate of drug-likeness (QED) is 0.290. The van der Waals surface area contributed by atoms with Gasteiger partial charge in [-0.2, -0.15) is 0 Å². The van der Waals surface area contributed by atoms with Crippen LogP contribution in [0.2, 0.25) is 0 Å². The van der Waals surface area contributed by atoms with Gasteiger partial charge in [0.15, 0.2) is 17.3 Å².